The Morgan fingerprint density at radius 2 is 0.649 bits per heavy atom. The molecule has 5 aromatic rings. The van der Waals surface area contributed by atoms with Crippen molar-refractivity contribution in [2.75, 3.05) is 4.90 Å². The van der Waals surface area contributed by atoms with Gasteiger partial charge in [-0.05, 0) is 59.0 Å². The molecule has 1 nitrogen and oxygen atoms in total. The van der Waals surface area contributed by atoms with Crippen LogP contribution in [0.5, 0.6) is 0 Å². The van der Waals surface area contributed by atoms with E-state index in [2.05, 4.69) is 165 Å². The van der Waals surface area contributed by atoms with Crippen LogP contribution in [-0.2, 0) is 0 Å². The van der Waals surface area contributed by atoms with Gasteiger partial charge in [0.25, 0.3) is 0 Å². The highest BCUT2D eigenvalue weighted by molar-refractivity contribution is 5.66. The van der Waals surface area contributed by atoms with Gasteiger partial charge in [0.15, 0.2) is 0 Å². The Kier molecular flexibility index (Phi) is 7.51. The molecular weight excluding hydrogens is 446 g/mol. The number of rotatable bonds is 8. The summed E-state index contributed by atoms with van der Waals surface area (Å²) in [7, 11) is 0. The fourth-order valence-corrected chi connectivity index (χ4v) is 5.19. The minimum atomic E-state index is 0.191. The molecule has 184 valence electrons. The lowest BCUT2D eigenvalue weighted by molar-refractivity contribution is 0.772. The van der Waals surface area contributed by atoms with Crippen LogP contribution in [0.3, 0.4) is 0 Å². The molecule has 1 heteroatoms. The first-order valence-corrected chi connectivity index (χ1v) is 13.3. The van der Waals surface area contributed by atoms with Crippen LogP contribution in [0.1, 0.15) is 66.5 Å². The van der Waals surface area contributed by atoms with Gasteiger partial charge in [-0.3, -0.25) is 0 Å². The normalized spacial score (nSPS) is 13.5. The summed E-state index contributed by atoms with van der Waals surface area (Å²) in [5.74, 6) is 0.711. The first-order valence-electron chi connectivity index (χ1n) is 13.3. The van der Waals surface area contributed by atoms with Gasteiger partial charge >= 0.3 is 0 Å². The van der Waals surface area contributed by atoms with Crippen molar-refractivity contribution < 1.29 is 0 Å². The van der Waals surface area contributed by atoms with Crippen LogP contribution in [0.25, 0.3) is 0 Å². The maximum Gasteiger partial charge on any atom is 0.0563 e. The van der Waals surface area contributed by atoms with Crippen molar-refractivity contribution in [1.29, 1.82) is 0 Å². The maximum atomic E-state index is 2.45. The summed E-state index contributed by atoms with van der Waals surface area (Å²) in [6.45, 7) is 6.85. The van der Waals surface area contributed by atoms with E-state index in [1.54, 1.807) is 0 Å². The Bertz CT molecular complexity index is 1290. The van der Waals surface area contributed by atoms with Crippen molar-refractivity contribution >= 4 is 11.4 Å². The average Bonchev–Trinajstić information content (AvgIpc) is 2.98. The van der Waals surface area contributed by atoms with E-state index in [0.717, 1.165) is 0 Å². The van der Waals surface area contributed by atoms with Crippen LogP contribution in [0.4, 0.5) is 11.4 Å². The zero-order valence-corrected chi connectivity index (χ0v) is 22.0. The van der Waals surface area contributed by atoms with Gasteiger partial charge in [0, 0.05) is 23.2 Å². The van der Waals surface area contributed by atoms with E-state index in [1.807, 2.05) is 0 Å². The predicted octanol–water partition coefficient (Wildman–Crippen LogP) is 9.89. The average molecular weight is 482 g/mol. The van der Waals surface area contributed by atoms with E-state index in [4.69, 9.17) is 0 Å². The van der Waals surface area contributed by atoms with E-state index in [9.17, 15) is 0 Å². The third kappa shape index (κ3) is 5.52. The Balaban J connectivity index is 1.47. The van der Waals surface area contributed by atoms with Crippen molar-refractivity contribution in [3.63, 3.8) is 0 Å². The molecule has 0 spiro atoms. The lowest BCUT2D eigenvalue weighted by Gasteiger charge is -2.32. The summed E-state index contributed by atoms with van der Waals surface area (Å²) in [6.07, 6.45) is 0. The smallest absolute Gasteiger partial charge is 0.0563 e. The van der Waals surface area contributed by atoms with Crippen molar-refractivity contribution in [3.8, 4) is 0 Å². The summed E-state index contributed by atoms with van der Waals surface area (Å²) in [4.78, 5) is 2.45. The largest absolute Gasteiger partial charge is 0.334 e. The molecule has 3 atom stereocenters. The van der Waals surface area contributed by atoms with Crippen molar-refractivity contribution in [2.45, 2.75) is 38.6 Å². The highest BCUT2D eigenvalue weighted by atomic mass is 15.2. The van der Waals surface area contributed by atoms with Crippen LogP contribution in [0, 0.1) is 0 Å². The molecule has 0 aromatic heterocycles. The fourth-order valence-electron chi connectivity index (χ4n) is 5.19. The molecule has 0 saturated heterocycles. The van der Waals surface area contributed by atoms with Gasteiger partial charge in [-0.2, -0.15) is 0 Å². The Morgan fingerprint density at radius 1 is 0.351 bits per heavy atom. The number of anilines is 2. The number of benzene rings is 5. The monoisotopic (exact) mass is 481 g/mol. The fraction of sp³-hybridized carbons (Fsp3) is 0.167. The lowest BCUT2D eigenvalue weighted by Crippen LogP contribution is -2.21. The Morgan fingerprint density at radius 3 is 1.00 bits per heavy atom. The van der Waals surface area contributed by atoms with Gasteiger partial charge in [0.2, 0.25) is 0 Å². The van der Waals surface area contributed by atoms with Gasteiger partial charge in [0.1, 0.15) is 0 Å². The van der Waals surface area contributed by atoms with E-state index in [-0.39, 0.29) is 6.04 Å². The molecule has 0 heterocycles. The van der Waals surface area contributed by atoms with E-state index in [0.29, 0.717) is 11.8 Å². The Labute approximate surface area is 222 Å². The molecule has 0 N–H and O–H groups in total. The summed E-state index contributed by atoms with van der Waals surface area (Å²) in [6, 6.07) is 50.6. The molecule has 0 bridgehead atoms. The molecule has 0 amide bonds. The quantitative estimate of drug-likeness (QED) is 0.213. The zero-order valence-electron chi connectivity index (χ0n) is 22.0. The van der Waals surface area contributed by atoms with Crippen molar-refractivity contribution in [1.82, 2.24) is 0 Å². The molecule has 5 aromatic carbocycles. The summed E-state index contributed by atoms with van der Waals surface area (Å²) in [5.41, 5.74) is 9.03. The third-order valence-electron chi connectivity index (χ3n) is 7.61. The second-order valence-electron chi connectivity index (χ2n) is 9.90. The molecule has 3 unspecified atom stereocenters. The first kappa shape index (κ1) is 24.6. The standard InChI is InChI=1S/C36H35N/c1-27(30-13-7-4-8-14-30)32-19-23-35(24-20-32)37(29(3)34-17-11-6-12-18-34)36-25-21-33(22-26-36)28(2)31-15-9-5-10-16-31/h4-29H,1-3H3. The van der Waals surface area contributed by atoms with Crippen LogP contribution in [-0.4, -0.2) is 0 Å². The highest BCUT2D eigenvalue weighted by Gasteiger charge is 2.20. The van der Waals surface area contributed by atoms with Gasteiger partial charge in [-0.25, -0.2) is 0 Å². The molecule has 5 rings (SSSR count). The zero-order chi connectivity index (χ0) is 25.6. The van der Waals surface area contributed by atoms with Gasteiger partial charge < -0.3 is 4.90 Å². The molecule has 0 saturated carbocycles. The van der Waals surface area contributed by atoms with Crippen LogP contribution >= 0.6 is 0 Å². The third-order valence-corrected chi connectivity index (χ3v) is 7.61. The molecule has 0 radical (unpaired) electrons. The summed E-state index contributed by atoms with van der Waals surface area (Å²) < 4.78 is 0. The second-order valence-corrected chi connectivity index (χ2v) is 9.90. The predicted molar refractivity (Wildman–Crippen MR) is 158 cm³/mol. The SMILES string of the molecule is CC(c1ccccc1)c1ccc(N(c2ccc(C(C)c3ccccc3)cc2)C(C)c2ccccc2)cc1. The highest BCUT2D eigenvalue weighted by Crippen LogP contribution is 2.37. The first-order chi connectivity index (χ1) is 18.1. The van der Waals surface area contributed by atoms with E-state index >= 15 is 0 Å². The molecule has 0 aliphatic carbocycles. The summed E-state index contributed by atoms with van der Waals surface area (Å²) in [5, 5.41) is 0. The molecule has 0 aliphatic rings. The molecular formula is C36H35N. The molecule has 37 heavy (non-hydrogen) atoms. The maximum absolute atomic E-state index is 2.45. The van der Waals surface area contributed by atoms with Crippen LogP contribution in [0.15, 0.2) is 140 Å². The van der Waals surface area contributed by atoms with Crippen molar-refractivity contribution in [3.05, 3.63) is 167 Å². The number of hydrogen-bond acceptors (Lipinski definition) is 1. The van der Waals surface area contributed by atoms with E-state index < -0.39 is 0 Å². The van der Waals surface area contributed by atoms with Crippen LogP contribution < -0.4 is 4.90 Å². The van der Waals surface area contributed by atoms with Gasteiger partial charge in [-0.15, -0.1) is 0 Å². The minimum absolute atomic E-state index is 0.191. The van der Waals surface area contributed by atoms with E-state index in [1.165, 1.54) is 39.2 Å². The Hall–Kier alpha value is -4.10. The topological polar surface area (TPSA) is 3.24 Å². The minimum Gasteiger partial charge on any atom is -0.334 e. The van der Waals surface area contributed by atoms with Crippen molar-refractivity contribution in [2.24, 2.45) is 0 Å². The lowest BCUT2D eigenvalue weighted by atomic mass is 9.92. The number of nitrogens with zero attached hydrogens (tertiary/aromatic N) is 1. The number of hydrogen-bond donors (Lipinski definition) is 0. The van der Waals surface area contributed by atoms with Crippen LogP contribution in [0.2, 0.25) is 0 Å². The molecule has 0 fully saturated rings. The van der Waals surface area contributed by atoms with Gasteiger partial charge in [0.05, 0.1) is 6.04 Å². The second kappa shape index (κ2) is 11.3. The van der Waals surface area contributed by atoms with Gasteiger partial charge in [-0.1, -0.05) is 129 Å². The molecule has 0 aliphatic heterocycles. The summed E-state index contributed by atoms with van der Waals surface area (Å²) >= 11 is 0.